The average Bonchev–Trinajstić information content (AvgIpc) is 1.61. The third-order valence-electron chi connectivity index (χ3n) is 0.416. The molecule has 0 fully saturated rings. The molecule has 35 valence electrons. The Morgan fingerprint density at radius 3 is 2.50 bits per heavy atom. The summed E-state index contributed by atoms with van der Waals surface area (Å²) in [6, 6.07) is 0. The van der Waals surface area contributed by atoms with Crippen molar-refractivity contribution >= 4 is 0 Å². The summed E-state index contributed by atoms with van der Waals surface area (Å²) in [7, 11) is 0. The van der Waals surface area contributed by atoms with E-state index in [-0.39, 0.29) is 6.61 Å². The average molecular weight is 166 g/mol. The van der Waals surface area contributed by atoms with Gasteiger partial charge >= 0.3 is 48.9 Å². The van der Waals surface area contributed by atoms with Gasteiger partial charge in [0.05, 0.1) is 0 Å². The molecule has 0 spiro atoms. The minimum atomic E-state index is 0.269. The van der Waals surface area contributed by atoms with Crippen LogP contribution in [0.15, 0.2) is 3.34 Å². The van der Waals surface area contributed by atoms with Crippen molar-refractivity contribution in [3.05, 3.63) is 0 Å². The summed E-state index contributed by atoms with van der Waals surface area (Å²) in [6.07, 6.45) is 0.815. The summed E-state index contributed by atoms with van der Waals surface area (Å²) in [4.78, 5) is 0. The van der Waals surface area contributed by atoms with Crippen molar-refractivity contribution in [3.8, 4) is 0 Å². The van der Waals surface area contributed by atoms with Gasteiger partial charge in [0, 0.05) is 0 Å². The predicted octanol–water partition coefficient (Wildman–Crippen LogP) is 0.0992. The Labute approximate surface area is 49.4 Å². The number of hydrogen-bond acceptors (Lipinski definition) is 2. The van der Waals surface area contributed by atoms with Gasteiger partial charge < -0.3 is 0 Å². The van der Waals surface area contributed by atoms with E-state index in [1.54, 1.807) is 0 Å². The van der Waals surface area contributed by atoms with E-state index in [1.807, 2.05) is 0 Å². The van der Waals surface area contributed by atoms with Gasteiger partial charge in [-0.3, -0.25) is 0 Å². The second-order valence-corrected chi connectivity index (χ2v) is 1.64. The molecule has 2 nitrogen and oxygen atoms in total. The molecule has 0 atom stereocenters. The fourth-order valence-corrected chi connectivity index (χ4v) is 0.489. The molecule has 0 radical (unpaired) electrons. The maximum atomic E-state index is 8.14. The Morgan fingerprint density at radius 2 is 2.33 bits per heavy atom. The van der Waals surface area contributed by atoms with Gasteiger partial charge in [-0.25, -0.2) is 0 Å². The van der Waals surface area contributed by atoms with E-state index in [0.717, 1.165) is 13.0 Å². The Kier molecular flexibility index (Phi) is 5.96. The number of nitrogens with zero attached hydrogens (tertiary/aromatic N) is 1. The molecule has 0 bridgehead atoms. The van der Waals surface area contributed by atoms with Crippen molar-refractivity contribution < 1.29 is 26.0 Å². The molecule has 0 aromatic heterocycles. The van der Waals surface area contributed by atoms with E-state index in [1.165, 1.54) is 20.9 Å². The maximum absolute atomic E-state index is 8.14. The Bertz CT molecular complexity index is 39.8. The zero-order valence-corrected chi connectivity index (χ0v) is 5.66. The van der Waals surface area contributed by atoms with Crippen molar-refractivity contribution in [2.24, 2.45) is 3.34 Å². The van der Waals surface area contributed by atoms with Crippen LogP contribution in [0, 0.1) is 0 Å². The third-order valence-corrected chi connectivity index (χ3v) is 0.908. The van der Waals surface area contributed by atoms with Crippen LogP contribution in [0.1, 0.15) is 6.42 Å². The van der Waals surface area contributed by atoms with Crippen molar-refractivity contribution in [3.63, 3.8) is 0 Å². The van der Waals surface area contributed by atoms with Crippen LogP contribution in [0.25, 0.3) is 0 Å². The van der Waals surface area contributed by atoms with E-state index in [0.29, 0.717) is 0 Å². The van der Waals surface area contributed by atoms with Crippen LogP contribution in [-0.2, 0) is 20.9 Å². The molecule has 0 aromatic carbocycles. The molecule has 0 heterocycles. The van der Waals surface area contributed by atoms with E-state index >= 15 is 0 Å². The summed E-state index contributed by atoms with van der Waals surface area (Å²) >= 11 is 1.45. The van der Waals surface area contributed by atoms with Gasteiger partial charge in [0.1, 0.15) is 0 Å². The molecule has 3 heteroatoms. The summed E-state index contributed by atoms with van der Waals surface area (Å²) in [6.45, 7) is 1.08. The summed E-state index contributed by atoms with van der Waals surface area (Å²) in [5.41, 5.74) is 0. The van der Waals surface area contributed by atoms with Gasteiger partial charge in [-0.15, -0.1) is 0 Å². The number of aliphatic hydroxyl groups excluding tert-OH is 1. The third kappa shape index (κ3) is 4.50. The molecule has 0 rings (SSSR count). The van der Waals surface area contributed by atoms with E-state index in [9.17, 15) is 0 Å². The topological polar surface area (TPSA) is 32.6 Å². The van der Waals surface area contributed by atoms with Gasteiger partial charge in [-0.05, 0) is 0 Å². The Hall–Kier alpha value is 0.500. The number of aliphatic hydroxyl groups is 1. The van der Waals surface area contributed by atoms with Crippen LogP contribution in [0.5, 0.6) is 0 Å². The second kappa shape index (κ2) is 5.50. The molecule has 6 heavy (non-hydrogen) atoms. The molecule has 1 N–H and O–H groups in total. The molecule has 0 unspecified atom stereocenters. The van der Waals surface area contributed by atoms with Gasteiger partial charge in [0.15, 0.2) is 0 Å². The number of rotatable bonds is 3. The van der Waals surface area contributed by atoms with Gasteiger partial charge in [0.25, 0.3) is 0 Å². The first kappa shape index (κ1) is 6.50. The van der Waals surface area contributed by atoms with Gasteiger partial charge in [-0.1, -0.05) is 0 Å². The standard InChI is InChI=1S/C3H7NO.Nb/c4-2-1-3-5;/h5H,1-3H2;. The predicted molar refractivity (Wildman–Crippen MR) is 19.0 cm³/mol. The molecular formula is C3H7NNbO. The van der Waals surface area contributed by atoms with Crippen molar-refractivity contribution in [2.45, 2.75) is 6.42 Å². The normalized spacial score (nSPS) is 8.00. The van der Waals surface area contributed by atoms with Crippen LogP contribution in [-0.4, -0.2) is 18.3 Å². The van der Waals surface area contributed by atoms with Crippen LogP contribution in [0.2, 0.25) is 0 Å². The zero-order valence-electron chi connectivity index (χ0n) is 3.46. The van der Waals surface area contributed by atoms with E-state index in [4.69, 9.17) is 5.11 Å². The first-order chi connectivity index (χ1) is 2.91. The van der Waals surface area contributed by atoms with E-state index in [2.05, 4.69) is 3.34 Å². The molecule has 0 saturated carbocycles. The first-order valence-corrected chi connectivity index (χ1v) is 2.82. The minimum absolute atomic E-state index is 0.269. The van der Waals surface area contributed by atoms with Crippen molar-refractivity contribution in [1.82, 2.24) is 0 Å². The fraction of sp³-hybridized carbons (Fsp3) is 1.00. The van der Waals surface area contributed by atoms with Gasteiger partial charge in [0.2, 0.25) is 0 Å². The fourth-order valence-electron chi connectivity index (χ4n) is 0.141. The summed E-state index contributed by atoms with van der Waals surface area (Å²) < 4.78 is 3.82. The Morgan fingerprint density at radius 1 is 1.67 bits per heavy atom. The summed E-state index contributed by atoms with van der Waals surface area (Å²) in [5.74, 6) is 0. The molecule has 0 aliphatic heterocycles. The quantitative estimate of drug-likeness (QED) is 0.468. The van der Waals surface area contributed by atoms with Crippen molar-refractivity contribution in [2.75, 3.05) is 13.2 Å². The van der Waals surface area contributed by atoms with Crippen LogP contribution in [0.4, 0.5) is 0 Å². The SMILES string of the molecule is OCCC[N]=[Nb]. The zero-order chi connectivity index (χ0) is 4.83. The van der Waals surface area contributed by atoms with Crippen LogP contribution in [0.3, 0.4) is 0 Å². The van der Waals surface area contributed by atoms with E-state index < -0.39 is 0 Å². The first-order valence-electron chi connectivity index (χ1n) is 1.83. The van der Waals surface area contributed by atoms with Crippen molar-refractivity contribution in [1.29, 1.82) is 0 Å². The molecule has 0 saturated heterocycles. The molecule has 0 aliphatic rings. The number of hydrogen-bond donors (Lipinski definition) is 1. The molecule has 0 aromatic rings. The molecule has 0 amide bonds. The molecular weight excluding hydrogens is 159 g/mol. The summed E-state index contributed by atoms with van der Waals surface area (Å²) in [5, 5.41) is 8.14. The Balaban J connectivity index is 2.49. The van der Waals surface area contributed by atoms with Crippen LogP contribution < -0.4 is 0 Å². The monoisotopic (exact) mass is 166 g/mol. The van der Waals surface area contributed by atoms with Gasteiger partial charge in [-0.2, -0.15) is 0 Å². The second-order valence-electron chi connectivity index (χ2n) is 0.942. The van der Waals surface area contributed by atoms with Crippen LogP contribution >= 0.6 is 0 Å². The molecule has 0 aliphatic carbocycles.